The second-order valence-corrected chi connectivity index (χ2v) is 4.18. The van der Waals surface area contributed by atoms with Gasteiger partial charge in [0.1, 0.15) is 0 Å². The maximum atomic E-state index is 11.1. The number of hydrogen-bond acceptors (Lipinski definition) is 1. The predicted octanol–water partition coefficient (Wildman–Crippen LogP) is 2.68. The largest absolute Gasteiger partial charge is 0.481 e. The second kappa shape index (κ2) is 3.46. The summed E-state index contributed by atoms with van der Waals surface area (Å²) in [4.78, 5) is 11.1. The SMILES string of the molecule is CC(C)C1(C(=O)O)CCCCC1. The third kappa shape index (κ3) is 1.47. The molecule has 1 N–H and O–H groups in total. The van der Waals surface area contributed by atoms with Gasteiger partial charge in [-0.1, -0.05) is 33.1 Å². The Balaban J connectivity index is 2.77. The lowest BCUT2D eigenvalue weighted by atomic mass is 9.67. The van der Waals surface area contributed by atoms with Crippen molar-refractivity contribution < 1.29 is 9.90 Å². The van der Waals surface area contributed by atoms with E-state index in [1.54, 1.807) is 0 Å². The Hall–Kier alpha value is -0.530. The molecule has 2 nitrogen and oxygen atoms in total. The summed E-state index contributed by atoms with van der Waals surface area (Å²) in [7, 11) is 0. The molecular weight excluding hydrogens is 152 g/mol. The van der Waals surface area contributed by atoms with Crippen molar-refractivity contribution in [1.29, 1.82) is 0 Å². The lowest BCUT2D eigenvalue weighted by Crippen LogP contribution is -2.38. The Morgan fingerprint density at radius 2 is 1.75 bits per heavy atom. The van der Waals surface area contributed by atoms with Gasteiger partial charge in [0.25, 0.3) is 0 Å². The van der Waals surface area contributed by atoms with E-state index < -0.39 is 11.4 Å². The van der Waals surface area contributed by atoms with Crippen LogP contribution in [0.15, 0.2) is 0 Å². The molecule has 1 saturated carbocycles. The van der Waals surface area contributed by atoms with E-state index in [0.717, 1.165) is 25.7 Å². The van der Waals surface area contributed by atoms with Crippen LogP contribution in [0.4, 0.5) is 0 Å². The van der Waals surface area contributed by atoms with Crippen molar-refractivity contribution in [3.8, 4) is 0 Å². The lowest BCUT2D eigenvalue weighted by molar-refractivity contribution is -0.154. The Labute approximate surface area is 74.0 Å². The third-order valence-corrected chi connectivity index (χ3v) is 3.28. The van der Waals surface area contributed by atoms with E-state index >= 15 is 0 Å². The Bertz CT molecular complexity index is 167. The van der Waals surface area contributed by atoms with Crippen molar-refractivity contribution in [2.45, 2.75) is 46.0 Å². The maximum absolute atomic E-state index is 11.1. The van der Waals surface area contributed by atoms with Crippen LogP contribution in [0.1, 0.15) is 46.0 Å². The zero-order chi connectivity index (χ0) is 9.19. The van der Waals surface area contributed by atoms with Gasteiger partial charge >= 0.3 is 5.97 Å². The summed E-state index contributed by atoms with van der Waals surface area (Å²) in [5.41, 5.74) is -0.405. The molecule has 12 heavy (non-hydrogen) atoms. The minimum Gasteiger partial charge on any atom is -0.481 e. The van der Waals surface area contributed by atoms with E-state index in [2.05, 4.69) is 0 Å². The van der Waals surface area contributed by atoms with Gasteiger partial charge in [-0.3, -0.25) is 4.79 Å². The maximum Gasteiger partial charge on any atom is 0.309 e. The van der Waals surface area contributed by atoms with Crippen molar-refractivity contribution in [3.63, 3.8) is 0 Å². The molecule has 1 fully saturated rings. The van der Waals surface area contributed by atoms with Crippen molar-refractivity contribution in [2.75, 3.05) is 0 Å². The first-order chi connectivity index (χ1) is 5.59. The summed E-state index contributed by atoms with van der Waals surface area (Å²) in [5.74, 6) is -0.313. The molecule has 0 saturated heterocycles. The normalized spacial score (nSPS) is 22.6. The molecule has 1 rings (SSSR count). The van der Waals surface area contributed by atoms with E-state index in [0.29, 0.717) is 0 Å². The van der Waals surface area contributed by atoms with Crippen molar-refractivity contribution in [1.82, 2.24) is 0 Å². The molecule has 70 valence electrons. The summed E-state index contributed by atoms with van der Waals surface area (Å²) in [6.45, 7) is 4.05. The fourth-order valence-electron chi connectivity index (χ4n) is 2.22. The molecule has 0 heterocycles. The fraction of sp³-hybridized carbons (Fsp3) is 0.900. The van der Waals surface area contributed by atoms with Gasteiger partial charge < -0.3 is 5.11 Å². The first-order valence-electron chi connectivity index (χ1n) is 4.83. The van der Waals surface area contributed by atoms with Crippen LogP contribution in [0.25, 0.3) is 0 Å². The molecule has 0 unspecified atom stereocenters. The van der Waals surface area contributed by atoms with Crippen LogP contribution in [0.3, 0.4) is 0 Å². The first-order valence-corrected chi connectivity index (χ1v) is 4.83. The summed E-state index contributed by atoms with van der Waals surface area (Å²) >= 11 is 0. The zero-order valence-electron chi connectivity index (χ0n) is 7.97. The monoisotopic (exact) mass is 170 g/mol. The minimum absolute atomic E-state index is 0.273. The van der Waals surface area contributed by atoms with Crippen molar-refractivity contribution in [2.24, 2.45) is 11.3 Å². The summed E-state index contributed by atoms with van der Waals surface area (Å²) in [5, 5.41) is 9.16. The molecule has 0 radical (unpaired) electrons. The summed E-state index contributed by atoms with van der Waals surface area (Å²) in [6.07, 6.45) is 5.14. The summed E-state index contributed by atoms with van der Waals surface area (Å²) in [6, 6.07) is 0. The van der Waals surface area contributed by atoms with Crippen LogP contribution in [-0.2, 0) is 4.79 Å². The van der Waals surface area contributed by atoms with Crippen molar-refractivity contribution in [3.05, 3.63) is 0 Å². The number of carbonyl (C=O) groups is 1. The molecule has 0 aromatic heterocycles. The Kier molecular flexibility index (Phi) is 2.76. The summed E-state index contributed by atoms with van der Waals surface area (Å²) < 4.78 is 0. The average Bonchev–Trinajstić information content (AvgIpc) is 2.05. The first kappa shape index (κ1) is 9.56. The van der Waals surface area contributed by atoms with Crippen LogP contribution in [0.5, 0.6) is 0 Å². The molecule has 1 aliphatic carbocycles. The van der Waals surface area contributed by atoms with E-state index in [9.17, 15) is 4.79 Å². The van der Waals surface area contributed by atoms with Crippen LogP contribution in [0, 0.1) is 11.3 Å². The average molecular weight is 170 g/mol. The lowest BCUT2D eigenvalue weighted by Gasteiger charge is -2.36. The number of aliphatic carboxylic acids is 1. The van der Waals surface area contributed by atoms with E-state index in [1.165, 1.54) is 6.42 Å². The fourth-order valence-corrected chi connectivity index (χ4v) is 2.22. The van der Waals surface area contributed by atoms with E-state index in [1.807, 2.05) is 13.8 Å². The molecule has 0 aromatic rings. The predicted molar refractivity (Wildman–Crippen MR) is 48.0 cm³/mol. The zero-order valence-corrected chi connectivity index (χ0v) is 7.97. The number of carboxylic acid groups (broad SMARTS) is 1. The molecule has 0 atom stereocenters. The van der Waals surface area contributed by atoms with E-state index in [4.69, 9.17) is 5.11 Å². The number of carboxylic acids is 1. The van der Waals surface area contributed by atoms with Gasteiger partial charge in [0.2, 0.25) is 0 Å². The van der Waals surface area contributed by atoms with Gasteiger partial charge in [0.05, 0.1) is 5.41 Å². The van der Waals surface area contributed by atoms with Crippen LogP contribution >= 0.6 is 0 Å². The molecule has 2 heteroatoms. The van der Waals surface area contributed by atoms with Crippen molar-refractivity contribution >= 4 is 5.97 Å². The van der Waals surface area contributed by atoms with Gasteiger partial charge in [-0.15, -0.1) is 0 Å². The highest BCUT2D eigenvalue weighted by Crippen LogP contribution is 2.42. The smallest absolute Gasteiger partial charge is 0.309 e. The van der Waals surface area contributed by atoms with Crippen LogP contribution in [0.2, 0.25) is 0 Å². The van der Waals surface area contributed by atoms with Gasteiger partial charge in [0, 0.05) is 0 Å². The number of hydrogen-bond donors (Lipinski definition) is 1. The highest BCUT2D eigenvalue weighted by Gasteiger charge is 2.42. The molecule has 0 aromatic carbocycles. The molecule has 1 aliphatic rings. The van der Waals surface area contributed by atoms with Crippen LogP contribution in [-0.4, -0.2) is 11.1 Å². The van der Waals surface area contributed by atoms with E-state index in [-0.39, 0.29) is 5.92 Å². The molecule has 0 amide bonds. The molecular formula is C10H18O2. The highest BCUT2D eigenvalue weighted by molar-refractivity contribution is 5.75. The Morgan fingerprint density at radius 1 is 1.25 bits per heavy atom. The standard InChI is InChI=1S/C10H18O2/c1-8(2)10(9(11)12)6-4-3-5-7-10/h8H,3-7H2,1-2H3,(H,11,12). The van der Waals surface area contributed by atoms with Crippen LogP contribution < -0.4 is 0 Å². The Morgan fingerprint density at radius 3 is 2.00 bits per heavy atom. The number of rotatable bonds is 2. The topological polar surface area (TPSA) is 37.3 Å². The molecule has 0 aliphatic heterocycles. The highest BCUT2D eigenvalue weighted by atomic mass is 16.4. The molecule has 0 spiro atoms. The second-order valence-electron chi connectivity index (χ2n) is 4.18. The minimum atomic E-state index is -0.586. The van der Waals surface area contributed by atoms with Gasteiger partial charge in [-0.05, 0) is 18.8 Å². The quantitative estimate of drug-likeness (QED) is 0.691. The van der Waals surface area contributed by atoms with Gasteiger partial charge in [0.15, 0.2) is 0 Å². The van der Waals surface area contributed by atoms with Gasteiger partial charge in [-0.25, -0.2) is 0 Å². The third-order valence-electron chi connectivity index (χ3n) is 3.28. The van der Waals surface area contributed by atoms with Gasteiger partial charge in [-0.2, -0.15) is 0 Å². The molecule has 0 bridgehead atoms.